The Balaban J connectivity index is 1.62. The van der Waals surface area contributed by atoms with Crippen LogP contribution in [0.5, 0.6) is 0 Å². The Morgan fingerprint density at radius 1 is 0.971 bits per heavy atom. The second-order valence-electron chi connectivity index (χ2n) is 10.00. The number of carbonyl (C=O) groups excluding carboxylic acids is 2. The fourth-order valence-electron chi connectivity index (χ4n) is 4.85. The molecule has 1 aliphatic heterocycles. The molecule has 0 fully saturated rings. The third-order valence-corrected chi connectivity index (χ3v) is 8.66. The number of fused-ring (bicyclic) bond motifs is 2. The number of nitrogens with zero attached hydrogens (tertiary/aromatic N) is 1. The first kappa shape index (κ1) is 22.9. The number of rotatable bonds is 4. The van der Waals surface area contributed by atoms with E-state index in [2.05, 4.69) is 44.4 Å². The Bertz CT molecular complexity index is 1400. The Hall–Kier alpha value is -2.87. The van der Waals surface area contributed by atoms with E-state index < -0.39 is 0 Å². The van der Waals surface area contributed by atoms with Gasteiger partial charge in [-0.05, 0) is 70.9 Å². The van der Waals surface area contributed by atoms with Crippen LogP contribution in [0.2, 0.25) is 0 Å². The molecule has 0 bridgehead atoms. The van der Waals surface area contributed by atoms with Crippen LogP contribution in [0.3, 0.4) is 0 Å². The van der Waals surface area contributed by atoms with Gasteiger partial charge in [0.2, 0.25) is 0 Å². The zero-order valence-electron chi connectivity index (χ0n) is 19.9. The van der Waals surface area contributed by atoms with Gasteiger partial charge in [0.1, 0.15) is 10.0 Å². The lowest BCUT2D eigenvalue weighted by molar-refractivity contribution is 0.101. The Kier molecular flexibility index (Phi) is 5.47. The molecule has 0 radical (unpaired) electrons. The first-order valence-electron chi connectivity index (χ1n) is 11.3. The maximum Gasteiger partial charge on any atom is 0.256 e. The molecule has 7 heteroatoms. The molecule has 5 nitrogen and oxygen atoms in total. The standard InChI is InChI=1S/C27H27N3O2S2/c1-15(31)16-10-12-17(13-11-16)23(32)29-25-21(24-28-19-8-6-7-9-20(19)33-24)18-14-26(2,3)30-27(4,5)22(18)34-25/h6-13,30H,14H2,1-5H3,(H,29,32). The van der Waals surface area contributed by atoms with E-state index in [1.54, 1.807) is 46.9 Å². The van der Waals surface area contributed by atoms with Crippen LogP contribution in [-0.2, 0) is 12.0 Å². The number of aromatic nitrogens is 1. The van der Waals surface area contributed by atoms with Crippen molar-refractivity contribution in [1.82, 2.24) is 10.3 Å². The second-order valence-corrected chi connectivity index (χ2v) is 12.1. The van der Waals surface area contributed by atoms with Crippen LogP contribution >= 0.6 is 22.7 Å². The van der Waals surface area contributed by atoms with Crippen molar-refractivity contribution in [3.63, 3.8) is 0 Å². The maximum atomic E-state index is 13.2. The number of amides is 1. The summed E-state index contributed by atoms with van der Waals surface area (Å²) in [6, 6.07) is 14.9. The van der Waals surface area contributed by atoms with Gasteiger partial charge in [0.25, 0.3) is 5.91 Å². The van der Waals surface area contributed by atoms with Crippen molar-refractivity contribution in [2.75, 3.05) is 5.32 Å². The number of ketones is 1. The highest BCUT2D eigenvalue weighted by Crippen LogP contribution is 2.50. The summed E-state index contributed by atoms with van der Waals surface area (Å²) in [6.07, 6.45) is 0.844. The van der Waals surface area contributed by atoms with Crippen molar-refractivity contribution in [2.24, 2.45) is 0 Å². The van der Waals surface area contributed by atoms with E-state index in [-0.39, 0.29) is 22.8 Å². The Morgan fingerprint density at radius 3 is 2.32 bits per heavy atom. The van der Waals surface area contributed by atoms with Crippen LogP contribution in [0, 0.1) is 0 Å². The highest BCUT2D eigenvalue weighted by molar-refractivity contribution is 7.23. The molecule has 0 spiro atoms. The first-order chi connectivity index (χ1) is 16.0. The largest absolute Gasteiger partial charge is 0.313 e. The minimum absolute atomic E-state index is 0.0200. The maximum absolute atomic E-state index is 13.2. The van der Waals surface area contributed by atoms with Crippen molar-refractivity contribution in [3.05, 3.63) is 70.1 Å². The number of hydrogen-bond donors (Lipinski definition) is 2. The SMILES string of the molecule is CC(=O)c1ccc(C(=O)Nc2sc3c(c2-c2nc4ccccc4s2)CC(C)(C)NC3(C)C)cc1. The van der Waals surface area contributed by atoms with Crippen LogP contribution < -0.4 is 10.6 Å². The number of hydrogen-bond acceptors (Lipinski definition) is 6. The van der Waals surface area contributed by atoms with Crippen molar-refractivity contribution in [2.45, 2.75) is 52.1 Å². The molecule has 34 heavy (non-hydrogen) atoms. The predicted molar refractivity (Wildman–Crippen MR) is 141 cm³/mol. The van der Waals surface area contributed by atoms with Crippen molar-refractivity contribution >= 4 is 49.6 Å². The van der Waals surface area contributed by atoms with E-state index in [1.807, 2.05) is 18.2 Å². The molecule has 2 N–H and O–H groups in total. The summed E-state index contributed by atoms with van der Waals surface area (Å²) in [6.45, 7) is 10.3. The summed E-state index contributed by atoms with van der Waals surface area (Å²) in [4.78, 5) is 31.0. The van der Waals surface area contributed by atoms with Crippen LogP contribution in [0.4, 0.5) is 5.00 Å². The Labute approximate surface area is 207 Å². The molecule has 0 atom stereocenters. The molecule has 4 aromatic rings. The average Bonchev–Trinajstić information content (AvgIpc) is 3.33. The summed E-state index contributed by atoms with van der Waals surface area (Å²) < 4.78 is 1.13. The van der Waals surface area contributed by atoms with E-state index in [9.17, 15) is 9.59 Å². The van der Waals surface area contributed by atoms with Gasteiger partial charge in [-0.25, -0.2) is 4.98 Å². The number of Topliss-reactive ketones (excluding diaryl/α,β-unsaturated/α-hetero) is 1. The van der Waals surface area contributed by atoms with Gasteiger partial charge in [-0.15, -0.1) is 22.7 Å². The number of nitrogens with one attached hydrogen (secondary N) is 2. The molecular weight excluding hydrogens is 462 g/mol. The van der Waals surface area contributed by atoms with E-state index in [1.165, 1.54) is 17.4 Å². The van der Waals surface area contributed by atoms with Crippen LogP contribution in [0.1, 0.15) is 65.8 Å². The fraction of sp³-hybridized carbons (Fsp3) is 0.296. The lowest BCUT2D eigenvalue weighted by atomic mass is 9.81. The van der Waals surface area contributed by atoms with Gasteiger partial charge in [0, 0.05) is 32.6 Å². The zero-order valence-corrected chi connectivity index (χ0v) is 21.5. The molecular formula is C27H27N3O2S2. The molecule has 0 unspecified atom stereocenters. The molecule has 0 saturated heterocycles. The number of benzene rings is 2. The molecule has 1 aliphatic rings. The molecule has 174 valence electrons. The van der Waals surface area contributed by atoms with E-state index in [0.717, 1.165) is 32.2 Å². The molecule has 0 aliphatic carbocycles. The lowest BCUT2D eigenvalue weighted by Gasteiger charge is -2.42. The predicted octanol–water partition coefficient (Wildman–Crippen LogP) is 6.64. The highest BCUT2D eigenvalue weighted by Gasteiger charge is 2.41. The summed E-state index contributed by atoms with van der Waals surface area (Å²) in [5.41, 5.74) is 4.02. The van der Waals surface area contributed by atoms with Crippen LogP contribution in [0.15, 0.2) is 48.5 Å². The smallest absolute Gasteiger partial charge is 0.256 e. The summed E-state index contributed by atoms with van der Waals surface area (Å²) in [5.74, 6) is -0.213. The summed E-state index contributed by atoms with van der Waals surface area (Å²) >= 11 is 3.28. The topological polar surface area (TPSA) is 71.1 Å². The van der Waals surface area contributed by atoms with Gasteiger partial charge in [-0.2, -0.15) is 0 Å². The third kappa shape index (κ3) is 4.08. The lowest BCUT2D eigenvalue weighted by Crippen LogP contribution is -2.54. The van der Waals surface area contributed by atoms with Crippen molar-refractivity contribution < 1.29 is 9.59 Å². The molecule has 3 heterocycles. The quantitative estimate of drug-likeness (QED) is 0.315. The minimum Gasteiger partial charge on any atom is -0.313 e. The monoisotopic (exact) mass is 489 g/mol. The summed E-state index contributed by atoms with van der Waals surface area (Å²) in [5, 5.41) is 8.67. The van der Waals surface area contributed by atoms with Gasteiger partial charge >= 0.3 is 0 Å². The van der Waals surface area contributed by atoms with E-state index >= 15 is 0 Å². The zero-order chi connectivity index (χ0) is 24.3. The van der Waals surface area contributed by atoms with E-state index in [4.69, 9.17) is 4.98 Å². The van der Waals surface area contributed by atoms with Gasteiger partial charge in [0.05, 0.1) is 10.2 Å². The van der Waals surface area contributed by atoms with Crippen LogP contribution in [-0.4, -0.2) is 22.2 Å². The molecule has 2 aromatic heterocycles. The molecule has 5 rings (SSSR count). The number of anilines is 1. The third-order valence-electron chi connectivity index (χ3n) is 6.13. The van der Waals surface area contributed by atoms with Crippen molar-refractivity contribution in [3.8, 4) is 10.6 Å². The number of thiazole rings is 1. The molecule has 0 saturated carbocycles. The number of thiophene rings is 1. The highest BCUT2D eigenvalue weighted by atomic mass is 32.1. The Morgan fingerprint density at radius 2 is 1.65 bits per heavy atom. The van der Waals surface area contributed by atoms with Crippen LogP contribution in [0.25, 0.3) is 20.8 Å². The van der Waals surface area contributed by atoms with Gasteiger partial charge < -0.3 is 10.6 Å². The minimum atomic E-state index is -0.237. The van der Waals surface area contributed by atoms with Crippen molar-refractivity contribution in [1.29, 1.82) is 0 Å². The summed E-state index contributed by atoms with van der Waals surface area (Å²) in [7, 11) is 0. The normalized spacial score (nSPS) is 16.3. The first-order valence-corrected chi connectivity index (χ1v) is 12.9. The van der Waals surface area contributed by atoms with Gasteiger partial charge in [0.15, 0.2) is 5.78 Å². The van der Waals surface area contributed by atoms with E-state index in [0.29, 0.717) is 11.1 Å². The number of carbonyl (C=O) groups is 2. The fourth-order valence-corrected chi connectivity index (χ4v) is 7.24. The van der Waals surface area contributed by atoms with Gasteiger partial charge in [-0.3, -0.25) is 9.59 Å². The number of para-hydroxylation sites is 1. The molecule has 1 amide bonds. The van der Waals surface area contributed by atoms with Gasteiger partial charge in [-0.1, -0.05) is 24.3 Å². The second kappa shape index (κ2) is 8.12. The molecule has 2 aromatic carbocycles. The average molecular weight is 490 g/mol.